The molecule has 5 nitrogen and oxygen atoms in total. The highest BCUT2D eigenvalue weighted by Gasteiger charge is 2.13. The third kappa shape index (κ3) is 3.72. The Morgan fingerprint density at radius 3 is 2.67 bits per heavy atom. The van der Waals surface area contributed by atoms with Gasteiger partial charge < -0.3 is 14.8 Å². The lowest BCUT2D eigenvalue weighted by Gasteiger charge is -2.11. The van der Waals surface area contributed by atoms with Gasteiger partial charge in [-0.25, -0.2) is 0 Å². The fraction of sp³-hybridized carbons (Fsp3) is 0.250. The Morgan fingerprint density at radius 1 is 1.19 bits per heavy atom. The molecule has 1 aromatic carbocycles. The van der Waals surface area contributed by atoms with Crippen molar-refractivity contribution in [3.63, 3.8) is 0 Å². The van der Waals surface area contributed by atoms with Crippen molar-refractivity contribution in [2.75, 3.05) is 14.2 Å². The van der Waals surface area contributed by atoms with E-state index in [-0.39, 0.29) is 5.91 Å². The predicted octanol–water partition coefficient (Wildman–Crippen LogP) is 2.34. The molecular formula is C16H18N2O3. The number of ether oxygens (including phenoxy) is 2. The summed E-state index contributed by atoms with van der Waals surface area (Å²) in [5.41, 5.74) is 2.16. The average Bonchev–Trinajstić information content (AvgIpc) is 2.52. The molecule has 110 valence electrons. The summed E-state index contributed by atoms with van der Waals surface area (Å²) in [7, 11) is 3.08. The summed E-state index contributed by atoms with van der Waals surface area (Å²) in [4.78, 5) is 16.6. The van der Waals surface area contributed by atoms with Crippen LogP contribution in [0.4, 0.5) is 0 Å². The maximum absolute atomic E-state index is 12.3. The van der Waals surface area contributed by atoms with Crippen LogP contribution in [0.1, 0.15) is 21.7 Å². The molecule has 1 heterocycles. The molecule has 2 aromatic rings. The SMILES string of the molecule is COc1ccc(OC)c(C(=O)NCc2cccc(C)n2)c1. The van der Waals surface area contributed by atoms with Gasteiger partial charge >= 0.3 is 0 Å². The van der Waals surface area contributed by atoms with E-state index in [0.29, 0.717) is 23.6 Å². The van der Waals surface area contributed by atoms with E-state index in [9.17, 15) is 4.79 Å². The van der Waals surface area contributed by atoms with E-state index in [2.05, 4.69) is 10.3 Å². The Morgan fingerprint density at radius 2 is 2.00 bits per heavy atom. The molecular weight excluding hydrogens is 268 g/mol. The third-order valence-corrected chi connectivity index (χ3v) is 3.03. The molecule has 21 heavy (non-hydrogen) atoms. The first-order valence-corrected chi connectivity index (χ1v) is 6.57. The number of rotatable bonds is 5. The van der Waals surface area contributed by atoms with Gasteiger partial charge in [0.2, 0.25) is 0 Å². The number of carbonyl (C=O) groups is 1. The number of benzene rings is 1. The minimum absolute atomic E-state index is 0.228. The molecule has 0 atom stereocenters. The zero-order chi connectivity index (χ0) is 15.2. The van der Waals surface area contributed by atoms with E-state index < -0.39 is 0 Å². The zero-order valence-electron chi connectivity index (χ0n) is 12.3. The number of hydrogen-bond donors (Lipinski definition) is 1. The van der Waals surface area contributed by atoms with E-state index in [1.807, 2.05) is 25.1 Å². The molecule has 0 saturated carbocycles. The van der Waals surface area contributed by atoms with E-state index in [1.54, 1.807) is 25.3 Å². The van der Waals surface area contributed by atoms with Gasteiger partial charge in [-0.05, 0) is 37.3 Å². The lowest BCUT2D eigenvalue weighted by atomic mass is 10.1. The van der Waals surface area contributed by atoms with Gasteiger partial charge in [0.15, 0.2) is 0 Å². The van der Waals surface area contributed by atoms with Gasteiger partial charge in [-0.15, -0.1) is 0 Å². The first-order valence-electron chi connectivity index (χ1n) is 6.57. The van der Waals surface area contributed by atoms with Crippen molar-refractivity contribution in [3.8, 4) is 11.5 Å². The molecule has 2 rings (SSSR count). The van der Waals surface area contributed by atoms with Crippen LogP contribution in [0.2, 0.25) is 0 Å². The van der Waals surface area contributed by atoms with Gasteiger partial charge in [0.25, 0.3) is 5.91 Å². The van der Waals surface area contributed by atoms with E-state index >= 15 is 0 Å². The summed E-state index contributed by atoms with van der Waals surface area (Å²) >= 11 is 0. The van der Waals surface area contributed by atoms with Crippen LogP contribution in [0.15, 0.2) is 36.4 Å². The van der Waals surface area contributed by atoms with Crippen molar-refractivity contribution in [1.82, 2.24) is 10.3 Å². The second-order valence-corrected chi connectivity index (χ2v) is 4.52. The van der Waals surface area contributed by atoms with Crippen molar-refractivity contribution in [1.29, 1.82) is 0 Å². The van der Waals surface area contributed by atoms with Gasteiger partial charge in [-0.3, -0.25) is 9.78 Å². The molecule has 0 saturated heterocycles. The fourth-order valence-electron chi connectivity index (χ4n) is 1.96. The summed E-state index contributed by atoms with van der Waals surface area (Å²) in [5, 5.41) is 2.83. The van der Waals surface area contributed by atoms with Crippen LogP contribution in [0.25, 0.3) is 0 Å². The second kappa shape index (κ2) is 6.74. The fourth-order valence-corrected chi connectivity index (χ4v) is 1.96. The number of nitrogens with zero attached hydrogens (tertiary/aromatic N) is 1. The lowest BCUT2D eigenvalue weighted by Crippen LogP contribution is -2.24. The molecule has 0 aliphatic heterocycles. The molecule has 5 heteroatoms. The first-order chi connectivity index (χ1) is 10.1. The Hall–Kier alpha value is -2.56. The molecule has 0 bridgehead atoms. The van der Waals surface area contributed by atoms with E-state index in [1.165, 1.54) is 7.11 Å². The molecule has 0 radical (unpaired) electrons. The highest BCUT2D eigenvalue weighted by atomic mass is 16.5. The van der Waals surface area contributed by atoms with Crippen LogP contribution in [-0.4, -0.2) is 25.1 Å². The van der Waals surface area contributed by atoms with Gasteiger partial charge in [0.1, 0.15) is 11.5 Å². The minimum Gasteiger partial charge on any atom is -0.497 e. The zero-order valence-corrected chi connectivity index (χ0v) is 12.3. The van der Waals surface area contributed by atoms with Crippen LogP contribution in [0.5, 0.6) is 11.5 Å². The predicted molar refractivity (Wildman–Crippen MR) is 79.7 cm³/mol. The van der Waals surface area contributed by atoms with Gasteiger partial charge in [-0.1, -0.05) is 6.07 Å². The van der Waals surface area contributed by atoms with Gasteiger partial charge in [0, 0.05) is 5.69 Å². The van der Waals surface area contributed by atoms with Crippen LogP contribution < -0.4 is 14.8 Å². The summed E-state index contributed by atoms with van der Waals surface area (Å²) in [6.45, 7) is 2.28. The minimum atomic E-state index is -0.228. The lowest BCUT2D eigenvalue weighted by molar-refractivity contribution is 0.0947. The summed E-state index contributed by atoms with van der Waals surface area (Å²) in [6.07, 6.45) is 0. The molecule has 0 aliphatic rings. The van der Waals surface area contributed by atoms with Crippen molar-refractivity contribution >= 4 is 5.91 Å². The Labute approximate surface area is 123 Å². The number of pyridine rings is 1. The second-order valence-electron chi connectivity index (χ2n) is 4.52. The summed E-state index contributed by atoms with van der Waals surface area (Å²) in [5.74, 6) is 0.884. The molecule has 1 N–H and O–H groups in total. The number of methoxy groups -OCH3 is 2. The third-order valence-electron chi connectivity index (χ3n) is 3.03. The van der Waals surface area contributed by atoms with Crippen LogP contribution in [-0.2, 0) is 6.54 Å². The normalized spacial score (nSPS) is 10.0. The number of aryl methyl sites for hydroxylation is 1. The standard InChI is InChI=1S/C16H18N2O3/c1-11-5-4-6-12(18-11)10-17-16(19)14-9-13(20-2)7-8-15(14)21-3/h4-9H,10H2,1-3H3,(H,17,19). The Kier molecular flexibility index (Phi) is 4.77. The van der Waals surface area contributed by atoms with E-state index in [0.717, 1.165) is 11.4 Å². The number of hydrogen-bond acceptors (Lipinski definition) is 4. The maximum Gasteiger partial charge on any atom is 0.255 e. The average molecular weight is 286 g/mol. The van der Waals surface area contributed by atoms with Crippen molar-refractivity contribution in [2.24, 2.45) is 0 Å². The van der Waals surface area contributed by atoms with Crippen molar-refractivity contribution in [3.05, 3.63) is 53.3 Å². The van der Waals surface area contributed by atoms with Crippen LogP contribution in [0.3, 0.4) is 0 Å². The first kappa shape index (κ1) is 14.8. The highest BCUT2D eigenvalue weighted by molar-refractivity contribution is 5.97. The molecule has 1 aromatic heterocycles. The Bertz CT molecular complexity index is 641. The van der Waals surface area contributed by atoms with Crippen LogP contribution in [0, 0.1) is 6.92 Å². The maximum atomic E-state index is 12.3. The van der Waals surface area contributed by atoms with Gasteiger partial charge in [0.05, 0.1) is 32.0 Å². The number of carbonyl (C=O) groups excluding carboxylic acids is 1. The molecule has 0 aliphatic carbocycles. The van der Waals surface area contributed by atoms with Crippen molar-refractivity contribution in [2.45, 2.75) is 13.5 Å². The summed E-state index contributed by atoms with van der Waals surface area (Å²) in [6, 6.07) is 10.8. The molecule has 0 unspecified atom stereocenters. The smallest absolute Gasteiger partial charge is 0.255 e. The van der Waals surface area contributed by atoms with E-state index in [4.69, 9.17) is 9.47 Å². The monoisotopic (exact) mass is 286 g/mol. The topological polar surface area (TPSA) is 60.5 Å². The number of nitrogens with one attached hydrogen (secondary N) is 1. The quantitative estimate of drug-likeness (QED) is 0.916. The van der Waals surface area contributed by atoms with Crippen molar-refractivity contribution < 1.29 is 14.3 Å². The number of aromatic nitrogens is 1. The molecule has 1 amide bonds. The summed E-state index contributed by atoms with van der Waals surface area (Å²) < 4.78 is 10.3. The number of amides is 1. The molecule has 0 fully saturated rings. The van der Waals surface area contributed by atoms with Crippen LogP contribution >= 0.6 is 0 Å². The molecule has 0 spiro atoms. The van der Waals surface area contributed by atoms with Gasteiger partial charge in [-0.2, -0.15) is 0 Å². The highest BCUT2D eigenvalue weighted by Crippen LogP contribution is 2.23. The largest absolute Gasteiger partial charge is 0.497 e. The Balaban J connectivity index is 2.12.